The molecular formula is C20H26N6O. The molecule has 1 fully saturated rings. The van der Waals surface area contributed by atoms with Gasteiger partial charge in [0.1, 0.15) is 0 Å². The van der Waals surface area contributed by atoms with Crippen molar-refractivity contribution >= 4 is 11.6 Å². The van der Waals surface area contributed by atoms with E-state index in [-0.39, 0.29) is 17.4 Å². The normalized spacial score (nSPS) is 22.2. The fourth-order valence-corrected chi connectivity index (χ4v) is 3.98. The molecular weight excluding hydrogens is 340 g/mol. The van der Waals surface area contributed by atoms with E-state index in [1.807, 2.05) is 18.5 Å². The van der Waals surface area contributed by atoms with E-state index in [0.29, 0.717) is 12.1 Å². The number of hydrogen-bond acceptors (Lipinski definition) is 5. The molecule has 1 amide bonds. The van der Waals surface area contributed by atoms with Crippen LogP contribution in [0.25, 0.3) is 0 Å². The minimum Gasteiger partial charge on any atom is -0.307 e. The molecule has 3 rings (SSSR count). The maximum Gasteiger partial charge on any atom is 0.261 e. The molecule has 0 radical (unpaired) electrons. The Morgan fingerprint density at radius 2 is 2.07 bits per heavy atom. The molecule has 0 bridgehead atoms. The molecule has 0 saturated heterocycles. The second-order valence-electron chi connectivity index (χ2n) is 7.22. The Morgan fingerprint density at radius 3 is 2.63 bits per heavy atom. The van der Waals surface area contributed by atoms with Gasteiger partial charge in [0.05, 0.1) is 47.4 Å². The highest BCUT2D eigenvalue weighted by atomic mass is 16.2. The summed E-state index contributed by atoms with van der Waals surface area (Å²) in [5.41, 5.74) is 2.03. The third kappa shape index (κ3) is 3.57. The van der Waals surface area contributed by atoms with Crippen LogP contribution in [0.5, 0.6) is 0 Å². The zero-order valence-electron chi connectivity index (χ0n) is 16.2. The highest BCUT2D eigenvalue weighted by Gasteiger charge is 2.35. The topological polar surface area (TPSA) is 87.7 Å². The summed E-state index contributed by atoms with van der Waals surface area (Å²) < 4.78 is 1.98. The number of anilines is 1. The van der Waals surface area contributed by atoms with Crippen molar-refractivity contribution in [2.45, 2.75) is 58.9 Å². The predicted molar refractivity (Wildman–Crippen MR) is 102 cm³/mol. The quantitative estimate of drug-likeness (QED) is 0.805. The van der Waals surface area contributed by atoms with Crippen LogP contribution < -0.4 is 4.90 Å². The van der Waals surface area contributed by atoms with E-state index < -0.39 is 0 Å². The third-order valence-corrected chi connectivity index (χ3v) is 5.89. The number of rotatable bonds is 5. The van der Waals surface area contributed by atoms with Crippen LogP contribution in [-0.2, 0) is 0 Å². The summed E-state index contributed by atoms with van der Waals surface area (Å²) >= 11 is 0. The predicted octanol–water partition coefficient (Wildman–Crippen LogP) is 3.68. The number of nitriles is 1. The van der Waals surface area contributed by atoms with Crippen LogP contribution in [0.2, 0.25) is 0 Å². The summed E-state index contributed by atoms with van der Waals surface area (Å²) in [5, 5.41) is 21.7. The molecule has 1 aliphatic rings. The van der Waals surface area contributed by atoms with Gasteiger partial charge in [0.15, 0.2) is 0 Å². The van der Waals surface area contributed by atoms with Crippen molar-refractivity contribution in [3.8, 4) is 6.07 Å². The van der Waals surface area contributed by atoms with Crippen molar-refractivity contribution in [3.63, 3.8) is 0 Å². The maximum atomic E-state index is 13.1. The summed E-state index contributed by atoms with van der Waals surface area (Å²) in [6.07, 6.45) is 9.35. The van der Waals surface area contributed by atoms with Gasteiger partial charge in [0.25, 0.3) is 5.91 Å². The van der Waals surface area contributed by atoms with Crippen molar-refractivity contribution < 1.29 is 4.79 Å². The molecule has 1 aliphatic carbocycles. The molecule has 2 aromatic heterocycles. The zero-order chi connectivity index (χ0) is 19.4. The maximum absolute atomic E-state index is 13.1. The Morgan fingerprint density at radius 1 is 1.33 bits per heavy atom. The molecule has 0 unspecified atom stereocenters. The number of hydrogen-bond donors (Lipinski definition) is 0. The highest BCUT2D eigenvalue weighted by Crippen LogP contribution is 2.43. The second-order valence-corrected chi connectivity index (χ2v) is 7.22. The number of amides is 1. The lowest BCUT2D eigenvalue weighted by atomic mass is 9.72. The SMILES string of the molecule is CCN(C(=O)c1cnn(C2CCC(C#N)(CC)CC2)c1C)c1ccnnc1. The first-order chi connectivity index (χ1) is 13.0. The molecule has 0 aromatic carbocycles. The molecule has 2 aromatic rings. The standard InChI is InChI=1S/C20H26N6O/c1-4-20(14-21)9-6-16(7-10-20)26-15(3)18(13-24-26)19(27)25(5-2)17-8-11-22-23-12-17/h8,11-13,16H,4-7,9-10H2,1-3H3. The van der Waals surface area contributed by atoms with Crippen molar-refractivity contribution in [2.75, 3.05) is 11.4 Å². The van der Waals surface area contributed by atoms with Crippen molar-refractivity contribution in [1.29, 1.82) is 5.26 Å². The molecule has 0 atom stereocenters. The van der Waals surface area contributed by atoms with Crippen LogP contribution in [0.4, 0.5) is 5.69 Å². The van der Waals surface area contributed by atoms with Crippen molar-refractivity contribution in [3.05, 3.63) is 35.9 Å². The third-order valence-electron chi connectivity index (χ3n) is 5.89. The Balaban J connectivity index is 1.80. The number of carbonyl (C=O) groups excluding carboxylic acids is 1. The molecule has 142 valence electrons. The van der Waals surface area contributed by atoms with Gasteiger partial charge >= 0.3 is 0 Å². The van der Waals surface area contributed by atoms with E-state index in [0.717, 1.165) is 43.5 Å². The average molecular weight is 366 g/mol. The Labute approximate surface area is 160 Å². The minimum atomic E-state index is -0.191. The molecule has 0 aliphatic heterocycles. The molecule has 2 heterocycles. The van der Waals surface area contributed by atoms with Crippen LogP contribution in [0.15, 0.2) is 24.7 Å². The summed E-state index contributed by atoms with van der Waals surface area (Å²) in [6.45, 7) is 6.52. The van der Waals surface area contributed by atoms with E-state index in [4.69, 9.17) is 0 Å². The van der Waals surface area contributed by atoms with Crippen LogP contribution in [0.3, 0.4) is 0 Å². The number of carbonyl (C=O) groups is 1. The van der Waals surface area contributed by atoms with Crippen molar-refractivity contribution in [1.82, 2.24) is 20.0 Å². The highest BCUT2D eigenvalue weighted by molar-refractivity contribution is 6.06. The fraction of sp³-hybridized carbons (Fsp3) is 0.550. The summed E-state index contributed by atoms with van der Waals surface area (Å²) in [4.78, 5) is 14.8. The van der Waals surface area contributed by atoms with Crippen LogP contribution in [0, 0.1) is 23.7 Å². The van der Waals surface area contributed by atoms with E-state index in [9.17, 15) is 10.1 Å². The van der Waals surface area contributed by atoms with Crippen LogP contribution >= 0.6 is 0 Å². The van der Waals surface area contributed by atoms with Gasteiger partial charge in [-0.1, -0.05) is 6.92 Å². The lowest BCUT2D eigenvalue weighted by Gasteiger charge is -2.34. The molecule has 0 spiro atoms. The second kappa shape index (κ2) is 7.87. The Kier molecular flexibility index (Phi) is 5.54. The lowest BCUT2D eigenvalue weighted by Crippen LogP contribution is -2.31. The number of aromatic nitrogens is 4. The first-order valence-electron chi connectivity index (χ1n) is 9.59. The van der Waals surface area contributed by atoms with Gasteiger partial charge < -0.3 is 4.90 Å². The van der Waals surface area contributed by atoms with E-state index in [2.05, 4.69) is 28.3 Å². The summed E-state index contributed by atoms with van der Waals surface area (Å²) in [7, 11) is 0. The van der Waals surface area contributed by atoms with Gasteiger partial charge in [-0.3, -0.25) is 9.48 Å². The van der Waals surface area contributed by atoms with Gasteiger partial charge in [-0.05, 0) is 52.0 Å². The zero-order valence-corrected chi connectivity index (χ0v) is 16.2. The number of nitrogens with zero attached hydrogens (tertiary/aromatic N) is 6. The van der Waals surface area contributed by atoms with Crippen LogP contribution in [-0.4, -0.2) is 32.4 Å². The van der Waals surface area contributed by atoms with E-state index in [1.54, 1.807) is 29.6 Å². The molecule has 7 nitrogen and oxygen atoms in total. The van der Waals surface area contributed by atoms with Gasteiger partial charge in [-0.15, -0.1) is 0 Å². The fourth-order valence-electron chi connectivity index (χ4n) is 3.98. The molecule has 27 heavy (non-hydrogen) atoms. The minimum absolute atomic E-state index is 0.0787. The smallest absolute Gasteiger partial charge is 0.261 e. The van der Waals surface area contributed by atoms with Gasteiger partial charge in [0, 0.05) is 12.2 Å². The molecule has 7 heteroatoms. The molecule has 1 saturated carbocycles. The van der Waals surface area contributed by atoms with Gasteiger partial charge in [-0.25, -0.2) is 0 Å². The summed E-state index contributed by atoms with van der Waals surface area (Å²) in [5.74, 6) is -0.0787. The van der Waals surface area contributed by atoms with E-state index >= 15 is 0 Å². The van der Waals surface area contributed by atoms with E-state index in [1.165, 1.54) is 0 Å². The Hall–Kier alpha value is -2.75. The van der Waals surface area contributed by atoms with Gasteiger partial charge in [-0.2, -0.15) is 20.6 Å². The van der Waals surface area contributed by atoms with Crippen molar-refractivity contribution in [2.24, 2.45) is 5.41 Å². The Bertz CT molecular complexity index is 830. The first-order valence-corrected chi connectivity index (χ1v) is 9.59. The average Bonchev–Trinajstić information content (AvgIpc) is 3.10. The largest absolute Gasteiger partial charge is 0.307 e. The van der Waals surface area contributed by atoms with Gasteiger partial charge in [0.2, 0.25) is 0 Å². The molecule has 0 N–H and O–H groups in total. The lowest BCUT2D eigenvalue weighted by molar-refractivity contribution is 0.0987. The van der Waals surface area contributed by atoms with Crippen LogP contribution in [0.1, 0.15) is 68.0 Å². The monoisotopic (exact) mass is 366 g/mol. The summed E-state index contributed by atoms with van der Waals surface area (Å²) in [6, 6.07) is 4.54. The first kappa shape index (κ1) is 19.0.